The van der Waals surface area contributed by atoms with Crippen LogP contribution in [0, 0.1) is 5.92 Å². The van der Waals surface area contributed by atoms with Gasteiger partial charge in [0.25, 0.3) is 0 Å². The molecule has 1 fully saturated rings. The average molecular weight is 190 g/mol. The molecule has 0 bridgehead atoms. The van der Waals surface area contributed by atoms with E-state index in [1.54, 1.807) is 0 Å². The minimum absolute atomic E-state index is 0.953. The third-order valence-corrected chi connectivity index (χ3v) is 3.02. The summed E-state index contributed by atoms with van der Waals surface area (Å²) in [6.45, 7) is 7.74. The quantitative estimate of drug-likeness (QED) is 0.554. The van der Waals surface area contributed by atoms with Gasteiger partial charge in [-0.3, -0.25) is 0 Å². The van der Waals surface area contributed by atoms with Gasteiger partial charge >= 0.3 is 0 Å². The average Bonchev–Trinajstić information content (AvgIpc) is 2.21. The summed E-state index contributed by atoms with van der Waals surface area (Å²) in [5.74, 6) is 0.953. The number of hydrogen-bond acceptors (Lipinski definition) is 0. The monoisotopic (exact) mass is 190 g/mol. The smallest absolute Gasteiger partial charge is 0.0172 e. The van der Waals surface area contributed by atoms with Crippen molar-refractivity contribution >= 4 is 0 Å². The van der Waals surface area contributed by atoms with Crippen molar-refractivity contribution in [3.8, 4) is 0 Å². The molecule has 0 amide bonds. The Kier molecular flexibility index (Phi) is 5.36. The fraction of sp³-hybridized carbons (Fsp3) is 0.571. The maximum absolute atomic E-state index is 4.04. The molecule has 0 spiro atoms. The zero-order valence-electron chi connectivity index (χ0n) is 9.17. The lowest BCUT2D eigenvalue weighted by Crippen LogP contribution is -2.06. The highest BCUT2D eigenvalue weighted by Crippen LogP contribution is 2.29. The molecule has 0 aromatic carbocycles. The lowest BCUT2D eigenvalue weighted by atomic mass is 9.84. The van der Waals surface area contributed by atoms with Gasteiger partial charge in [-0.15, -0.1) is 6.58 Å². The van der Waals surface area contributed by atoms with E-state index in [0.717, 1.165) is 12.3 Å². The molecule has 0 saturated heterocycles. The van der Waals surface area contributed by atoms with Crippen molar-refractivity contribution in [1.82, 2.24) is 0 Å². The van der Waals surface area contributed by atoms with Gasteiger partial charge in [0, 0.05) is 0 Å². The van der Waals surface area contributed by atoms with Crippen LogP contribution < -0.4 is 0 Å². The third-order valence-electron chi connectivity index (χ3n) is 3.02. The van der Waals surface area contributed by atoms with E-state index in [1.165, 1.54) is 44.1 Å². The molecule has 1 aliphatic rings. The predicted octanol–water partition coefficient (Wildman–Crippen LogP) is 4.65. The Morgan fingerprint density at radius 2 is 1.93 bits per heavy atom. The van der Waals surface area contributed by atoms with Gasteiger partial charge in [-0.25, -0.2) is 0 Å². The molecule has 0 heteroatoms. The van der Waals surface area contributed by atoms with E-state index in [4.69, 9.17) is 0 Å². The molecule has 0 heterocycles. The molecular formula is C14H22. The Balaban J connectivity index is 2.07. The van der Waals surface area contributed by atoms with Crippen molar-refractivity contribution in [2.75, 3.05) is 0 Å². The van der Waals surface area contributed by atoms with Crippen LogP contribution in [0.3, 0.4) is 0 Å². The van der Waals surface area contributed by atoms with Gasteiger partial charge in [-0.05, 0) is 50.9 Å². The summed E-state index contributed by atoms with van der Waals surface area (Å²) in [5.41, 5.74) is 1.46. The van der Waals surface area contributed by atoms with E-state index in [0.29, 0.717) is 0 Å². The van der Waals surface area contributed by atoms with Crippen molar-refractivity contribution in [3.05, 3.63) is 37.0 Å². The van der Waals surface area contributed by atoms with E-state index < -0.39 is 0 Å². The Bertz CT molecular complexity index is 200. The number of allylic oxidation sites excluding steroid dienone is 4. The van der Waals surface area contributed by atoms with Crippen molar-refractivity contribution in [2.24, 2.45) is 5.92 Å². The standard InChI is InChI=1S/C14H22/c1-3-4-5-6-7-8-14-11-9-13(2)10-12-14/h3,5-6,14H,1-2,4,7-12H2/b6-5-. The van der Waals surface area contributed by atoms with Gasteiger partial charge in [0.2, 0.25) is 0 Å². The van der Waals surface area contributed by atoms with Crippen LogP contribution in [0.2, 0.25) is 0 Å². The molecule has 1 aliphatic carbocycles. The highest BCUT2D eigenvalue weighted by Gasteiger charge is 2.13. The summed E-state index contributed by atoms with van der Waals surface area (Å²) in [6, 6.07) is 0. The van der Waals surface area contributed by atoms with Crippen molar-refractivity contribution < 1.29 is 0 Å². The van der Waals surface area contributed by atoms with Crippen LogP contribution in [-0.4, -0.2) is 0 Å². The second-order valence-corrected chi connectivity index (χ2v) is 4.27. The topological polar surface area (TPSA) is 0 Å². The van der Waals surface area contributed by atoms with Gasteiger partial charge in [0.05, 0.1) is 0 Å². The summed E-state index contributed by atoms with van der Waals surface area (Å²) in [4.78, 5) is 0. The molecule has 0 atom stereocenters. The summed E-state index contributed by atoms with van der Waals surface area (Å²) in [7, 11) is 0. The van der Waals surface area contributed by atoms with Crippen molar-refractivity contribution in [2.45, 2.75) is 44.9 Å². The van der Waals surface area contributed by atoms with E-state index in [1.807, 2.05) is 6.08 Å². The SMILES string of the molecule is C=CC/C=C\CCC1CCC(=C)CC1. The van der Waals surface area contributed by atoms with E-state index in [-0.39, 0.29) is 0 Å². The van der Waals surface area contributed by atoms with Crippen LogP contribution in [0.25, 0.3) is 0 Å². The Hall–Kier alpha value is -0.780. The van der Waals surface area contributed by atoms with Crippen LogP contribution >= 0.6 is 0 Å². The molecule has 0 aromatic heterocycles. The zero-order valence-corrected chi connectivity index (χ0v) is 9.17. The molecule has 1 saturated carbocycles. The molecule has 0 aliphatic heterocycles. The van der Waals surface area contributed by atoms with Crippen LogP contribution in [0.4, 0.5) is 0 Å². The fourth-order valence-electron chi connectivity index (χ4n) is 2.02. The molecule has 1 rings (SSSR count). The largest absolute Gasteiger partial charge is 0.103 e. The Labute approximate surface area is 88.4 Å². The summed E-state index contributed by atoms with van der Waals surface area (Å²) in [6.07, 6.45) is 15.3. The Morgan fingerprint density at radius 1 is 1.21 bits per heavy atom. The first-order chi connectivity index (χ1) is 6.83. The minimum Gasteiger partial charge on any atom is -0.103 e. The molecule has 14 heavy (non-hydrogen) atoms. The number of hydrogen-bond donors (Lipinski definition) is 0. The van der Waals surface area contributed by atoms with Crippen LogP contribution in [0.5, 0.6) is 0 Å². The number of rotatable bonds is 5. The van der Waals surface area contributed by atoms with Crippen LogP contribution in [-0.2, 0) is 0 Å². The second-order valence-electron chi connectivity index (χ2n) is 4.27. The molecule has 0 radical (unpaired) electrons. The van der Waals surface area contributed by atoms with Gasteiger partial charge < -0.3 is 0 Å². The van der Waals surface area contributed by atoms with Crippen LogP contribution in [0.15, 0.2) is 37.0 Å². The van der Waals surface area contributed by atoms with Crippen LogP contribution in [0.1, 0.15) is 44.9 Å². The first-order valence-corrected chi connectivity index (χ1v) is 5.75. The molecule has 0 unspecified atom stereocenters. The minimum atomic E-state index is 0.953. The van der Waals surface area contributed by atoms with Gasteiger partial charge in [-0.1, -0.05) is 30.4 Å². The zero-order chi connectivity index (χ0) is 10.2. The maximum atomic E-state index is 4.04. The molecule has 0 N–H and O–H groups in total. The lowest BCUT2D eigenvalue weighted by Gasteiger charge is -2.22. The van der Waals surface area contributed by atoms with E-state index >= 15 is 0 Å². The predicted molar refractivity (Wildman–Crippen MR) is 64.3 cm³/mol. The van der Waals surface area contributed by atoms with Crippen molar-refractivity contribution in [3.63, 3.8) is 0 Å². The van der Waals surface area contributed by atoms with Gasteiger partial charge in [-0.2, -0.15) is 0 Å². The van der Waals surface area contributed by atoms with Gasteiger partial charge in [0.1, 0.15) is 0 Å². The van der Waals surface area contributed by atoms with Crippen molar-refractivity contribution in [1.29, 1.82) is 0 Å². The highest BCUT2D eigenvalue weighted by atomic mass is 14.2. The normalized spacial score (nSPS) is 19.0. The molecule has 78 valence electrons. The Morgan fingerprint density at radius 3 is 2.57 bits per heavy atom. The first-order valence-electron chi connectivity index (χ1n) is 5.75. The fourth-order valence-corrected chi connectivity index (χ4v) is 2.02. The summed E-state index contributed by atoms with van der Waals surface area (Å²) >= 11 is 0. The molecule has 0 aromatic rings. The second kappa shape index (κ2) is 6.64. The van der Waals surface area contributed by atoms with E-state index in [2.05, 4.69) is 25.3 Å². The first kappa shape index (κ1) is 11.3. The third kappa shape index (κ3) is 4.45. The molecule has 0 nitrogen and oxygen atoms in total. The van der Waals surface area contributed by atoms with Gasteiger partial charge in [0.15, 0.2) is 0 Å². The maximum Gasteiger partial charge on any atom is -0.0172 e. The molecular weight excluding hydrogens is 168 g/mol. The lowest BCUT2D eigenvalue weighted by molar-refractivity contribution is 0.387. The summed E-state index contributed by atoms with van der Waals surface area (Å²) in [5, 5.41) is 0. The highest BCUT2D eigenvalue weighted by molar-refractivity contribution is 4.98. The van der Waals surface area contributed by atoms with E-state index in [9.17, 15) is 0 Å². The summed E-state index contributed by atoms with van der Waals surface area (Å²) < 4.78 is 0.